The van der Waals surface area contributed by atoms with Crippen LogP contribution in [0.4, 0.5) is 5.95 Å². The molecule has 0 spiro atoms. The van der Waals surface area contributed by atoms with Gasteiger partial charge in [-0.3, -0.25) is 0 Å². The third-order valence-corrected chi connectivity index (χ3v) is 2.73. The summed E-state index contributed by atoms with van der Waals surface area (Å²) in [6.07, 6.45) is 2.56. The van der Waals surface area contributed by atoms with E-state index < -0.39 is 0 Å². The number of nitrogen functional groups attached to an aromatic ring is 1. The smallest absolute Gasteiger partial charge is 0.324 e. The van der Waals surface area contributed by atoms with E-state index in [9.17, 15) is 0 Å². The van der Waals surface area contributed by atoms with E-state index >= 15 is 0 Å². The molecule has 1 aliphatic carbocycles. The summed E-state index contributed by atoms with van der Waals surface area (Å²) < 4.78 is 10.6. The second-order valence-electron chi connectivity index (χ2n) is 4.25. The second kappa shape index (κ2) is 5.81. The molecule has 7 nitrogen and oxygen atoms in total. The number of anilines is 1. The second-order valence-corrected chi connectivity index (χ2v) is 4.25. The van der Waals surface area contributed by atoms with Crippen LogP contribution in [0.15, 0.2) is 0 Å². The Morgan fingerprint density at radius 1 is 1.22 bits per heavy atom. The normalized spacial score (nSPS) is 14.8. The van der Waals surface area contributed by atoms with Crippen LogP contribution in [0.25, 0.3) is 0 Å². The highest BCUT2D eigenvalue weighted by Crippen LogP contribution is 2.24. The van der Waals surface area contributed by atoms with E-state index in [2.05, 4.69) is 26.9 Å². The van der Waals surface area contributed by atoms with Crippen molar-refractivity contribution in [1.29, 1.82) is 0 Å². The molecule has 1 aromatic heterocycles. The van der Waals surface area contributed by atoms with Crippen molar-refractivity contribution < 1.29 is 9.47 Å². The molecule has 100 valence electrons. The van der Waals surface area contributed by atoms with Gasteiger partial charge in [-0.25, -0.2) is 0 Å². The maximum Gasteiger partial charge on any atom is 0.324 e. The zero-order valence-electron chi connectivity index (χ0n) is 10.8. The molecule has 0 unspecified atom stereocenters. The summed E-state index contributed by atoms with van der Waals surface area (Å²) in [4.78, 5) is 14.0. The predicted octanol–water partition coefficient (Wildman–Crippen LogP) is 0.325. The lowest BCUT2D eigenvalue weighted by Gasteiger charge is -2.15. The van der Waals surface area contributed by atoms with Crippen molar-refractivity contribution >= 4 is 5.95 Å². The molecule has 1 saturated carbocycles. The first-order valence-electron chi connectivity index (χ1n) is 6.16. The summed E-state index contributed by atoms with van der Waals surface area (Å²) in [6.45, 7) is 3.71. The quantitative estimate of drug-likeness (QED) is 0.749. The first-order chi connectivity index (χ1) is 8.69. The zero-order valence-corrected chi connectivity index (χ0v) is 10.8. The number of ether oxygens (including phenoxy) is 2. The third kappa shape index (κ3) is 3.69. The first kappa shape index (κ1) is 12.8. The number of nitrogens with zero attached hydrogens (tertiary/aromatic N) is 4. The van der Waals surface area contributed by atoms with E-state index in [4.69, 9.17) is 15.2 Å². The number of hydrogen-bond donors (Lipinski definition) is 1. The highest BCUT2D eigenvalue weighted by atomic mass is 16.5. The average Bonchev–Trinajstić information content (AvgIpc) is 3.12. The molecule has 0 radical (unpaired) electrons. The standard InChI is InChI=1S/C11H19N5O2/c1-3-17-10-13-9(12)14-11(15-10)18-7-6-16(2)8-4-5-8/h8H,3-7H2,1-2H3,(H2,12,13,14,15). The minimum Gasteiger partial charge on any atom is -0.464 e. The lowest BCUT2D eigenvalue weighted by molar-refractivity contribution is 0.215. The van der Waals surface area contributed by atoms with E-state index in [1.165, 1.54) is 12.8 Å². The summed E-state index contributed by atoms with van der Waals surface area (Å²) in [5, 5.41) is 0. The lowest BCUT2D eigenvalue weighted by Crippen LogP contribution is -2.26. The van der Waals surface area contributed by atoms with E-state index in [1.807, 2.05) is 6.92 Å². The van der Waals surface area contributed by atoms with Crippen molar-refractivity contribution in [2.75, 3.05) is 32.5 Å². The van der Waals surface area contributed by atoms with Gasteiger partial charge in [-0.2, -0.15) is 9.97 Å². The van der Waals surface area contributed by atoms with Crippen LogP contribution in [0.5, 0.6) is 12.0 Å². The van der Waals surface area contributed by atoms with Crippen molar-refractivity contribution in [2.45, 2.75) is 25.8 Å². The zero-order chi connectivity index (χ0) is 13.0. The van der Waals surface area contributed by atoms with Crippen molar-refractivity contribution in [3.63, 3.8) is 0 Å². The Bertz CT molecular complexity index is 397. The molecule has 0 amide bonds. The summed E-state index contributed by atoms with van der Waals surface area (Å²) >= 11 is 0. The molecule has 18 heavy (non-hydrogen) atoms. The van der Waals surface area contributed by atoms with Crippen LogP contribution in [0, 0.1) is 0 Å². The molecule has 7 heteroatoms. The molecule has 1 fully saturated rings. The van der Waals surface area contributed by atoms with Crippen LogP contribution >= 0.6 is 0 Å². The topological polar surface area (TPSA) is 86.4 Å². The van der Waals surface area contributed by atoms with Gasteiger partial charge in [-0.1, -0.05) is 0 Å². The fourth-order valence-corrected chi connectivity index (χ4v) is 1.59. The molecule has 0 bridgehead atoms. The van der Waals surface area contributed by atoms with Crippen molar-refractivity contribution in [3.8, 4) is 12.0 Å². The Morgan fingerprint density at radius 3 is 2.50 bits per heavy atom. The first-order valence-corrected chi connectivity index (χ1v) is 6.16. The molecule has 2 rings (SSSR count). The van der Waals surface area contributed by atoms with Crippen LogP contribution < -0.4 is 15.2 Å². The van der Waals surface area contributed by atoms with E-state index in [0.717, 1.165) is 12.6 Å². The summed E-state index contributed by atoms with van der Waals surface area (Å²) in [5.41, 5.74) is 5.55. The molecular weight excluding hydrogens is 234 g/mol. The molecule has 1 heterocycles. The summed E-state index contributed by atoms with van der Waals surface area (Å²) in [7, 11) is 2.09. The Labute approximate surface area is 106 Å². The van der Waals surface area contributed by atoms with Gasteiger partial charge < -0.3 is 20.1 Å². The van der Waals surface area contributed by atoms with Gasteiger partial charge in [0.15, 0.2) is 0 Å². The van der Waals surface area contributed by atoms with Crippen LogP contribution in [0.1, 0.15) is 19.8 Å². The van der Waals surface area contributed by atoms with Gasteiger partial charge in [-0.15, -0.1) is 4.98 Å². The largest absolute Gasteiger partial charge is 0.464 e. The van der Waals surface area contributed by atoms with Crippen LogP contribution in [-0.2, 0) is 0 Å². The number of hydrogen-bond acceptors (Lipinski definition) is 7. The van der Waals surface area contributed by atoms with E-state index in [-0.39, 0.29) is 18.0 Å². The Balaban J connectivity index is 1.83. The van der Waals surface area contributed by atoms with Gasteiger partial charge in [0.25, 0.3) is 0 Å². The van der Waals surface area contributed by atoms with Crippen LogP contribution in [0.3, 0.4) is 0 Å². The summed E-state index contributed by atoms with van der Waals surface area (Å²) in [6, 6.07) is 1.14. The minimum absolute atomic E-state index is 0.110. The van der Waals surface area contributed by atoms with Gasteiger partial charge in [0, 0.05) is 12.6 Å². The third-order valence-electron chi connectivity index (χ3n) is 2.73. The Hall–Kier alpha value is -1.63. The predicted molar refractivity (Wildman–Crippen MR) is 66.6 cm³/mol. The average molecular weight is 253 g/mol. The fourth-order valence-electron chi connectivity index (χ4n) is 1.59. The van der Waals surface area contributed by atoms with Crippen molar-refractivity contribution in [2.24, 2.45) is 0 Å². The lowest BCUT2D eigenvalue weighted by atomic mass is 10.5. The minimum atomic E-state index is 0.110. The van der Waals surface area contributed by atoms with Crippen LogP contribution in [-0.4, -0.2) is 52.7 Å². The summed E-state index contributed by atoms with van der Waals surface area (Å²) in [5.74, 6) is 0.110. The maximum atomic E-state index is 5.55. The fraction of sp³-hybridized carbons (Fsp3) is 0.727. The van der Waals surface area contributed by atoms with Gasteiger partial charge >= 0.3 is 12.0 Å². The Morgan fingerprint density at radius 2 is 1.89 bits per heavy atom. The highest BCUT2D eigenvalue weighted by molar-refractivity contribution is 5.20. The molecule has 0 aromatic carbocycles. The SMILES string of the molecule is CCOc1nc(N)nc(OCCN(C)C2CC2)n1. The molecule has 2 N–H and O–H groups in total. The van der Waals surface area contributed by atoms with Gasteiger partial charge in [0.2, 0.25) is 5.95 Å². The molecule has 1 aromatic rings. The number of nitrogens with two attached hydrogens (primary N) is 1. The van der Waals surface area contributed by atoms with Crippen molar-refractivity contribution in [1.82, 2.24) is 19.9 Å². The van der Waals surface area contributed by atoms with Gasteiger partial charge in [0.1, 0.15) is 6.61 Å². The molecule has 0 atom stereocenters. The van der Waals surface area contributed by atoms with Gasteiger partial charge in [0.05, 0.1) is 6.61 Å². The highest BCUT2D eigenvalue weighted by Gasteiger charge is 2.25. The molecule has 0 saturated heterocycles. The number of likely N-dealkylation sites (N-methyl/N-ethyl adjacent to an activating group) is 1. The monoisotopic (exact) mass is 253 g/mol. The van der Waals surface area contributed by atoms with E-state index in [0.29, 0.717) is 13.2 Å². The maximum absolute atomic E-state index is 5.55. The van der Waals surface area contributed by atoms with Crippen molar-refractivity contribution in [3.05, 3.63) is 0 Å². The van der Waals surface area contributed by atoms with Gasteiger partial charge in [-0.05, 0) is 26.8 Å². The van der Waals surface area contributed by atoms with Crippen LogP contribution in [0.2, 0.25) is 0 Å². The Kier molecular flexibility index (Phi) is 4.14. The number of rotatable bonds is 7. The molecule has 0 aliphatic heterocycles. The molecular formula is C11H19N5O2. The number of aromatic nitrogens is 3. The van der Waals surface area contributed by atoms with E-state index in [1.54, 1.807) is 0 Å². The molecule has 1 aliphatic rings.